The molecule has 0 aliphatic rings. The molecule has 9 nitrogen and oxygen atoms in total. The van der Waals surface area contributed by atoms with Gasteiger partial charge in [0.25, 0.3) is 5.69 Å². The van der Waals surface area contributed by atoms with E-state index in [-0.39, 0.29) is 5.75 Å². The zero-order chi connectivity index (χ0) is 17.8. The second-order valence-electron chi connectivity index (χ2n) is 4.96. The van der Waals surface area contributed by atoms with E-state index < -0.39 is 43.5 Å². The number of carbonyl (C=O) groups is 1. The van der Waals surface area contributed by atoms with E-state index >= 15 is 0 Å². The first kappa shape index (κ1) is 18.8. The van der Waals surface area contributed by atoms with Gasteiger partial charge in [-0.15, -0.1) is 0 Å². The summed E-state index contributed by atoms with van der Waals surface area (Å²) in [7, 11) is -1.88. The van der Waals surface area contributed by atoms with E-state index in [1.54, 1.807) is 13.8 Å². The van der Waals surface area contributed by atoms with Gasteiger partial charge in [0.15, 0.2) is 4.90 Å². The van der Waals surface area contributed by atoms with E-state index in [9.17, 15) is 23.3 Å². The number of nitro benzene ring substituents is 1. The lowest BCUT2D eigenvalue weighted by Crippen LogP contribution is -2.45. The molecule has 1 aromatic rings. The minimum Gasteiger partial charge on any atom is -0.497 e. The molecule has 128 valence electrons. The third-order valence-electron chi connectivity index (χ3n) is 3.06. The molecule has 10 heteroatoms. The van der Waals surface area contributed by atoms with Gasteiger partial charge < -0.3 is 9.47 Å². The molecule has 0 heterocycles. The van der Waals surface area contributed by atoms with Crippen molar-refractivity contribution in [2.24, 2.45) is 5.92 Å². The number of methoxy groups -OCH3 is 2. The number of nitro groups is 1. The Morgan fingerprint density at radius 3 is 2.35 bits per heavy atom. The maximum absolute atomic E-state index is 12.4. The molecule has 0 saturated heterocycles. The summed E-state index contributed by atoms with van der Waals surface area (Å²) < 4.78 is 36.4. The molecule has 1 rings (SSSR count). The van der Waals surface area contributed by atoms with Crippen LogP contribution in [0.15, 0.2) is 23.1 Å². The molecular weight excluding hydrogens is 328 g/mol. The summed E-state index contributed by atoms with van der Waals surface area (Å²) in [4.78, 5) is 21.4. The number of rotatable bonds is 7. The maximum atomic E-state index is 12.4. The number of nitrogens with zero attached hydrogens (tertiary/aromatic N) is 1. The highest BCUT2D eigenvalue weighted by atomic mass is 32.2. The highest BCUT2D eigenvalue weighted by Crippen LogP contribution is 2.28. The molecule has 0 saturated carbocycles. The van der Waals surface area contributed by atoms with Crippen molar-refractivity contribution in [3.05, 3.63) is 28.3 Å². The monoisotopic (exact) mass is 346 g/mol. The number of ether oxygens (including phenoxy) is 2. The topological polar surface area (TPSA) is 125 Å². The average Bonchev–Trinajstić information content (AvgIpc) is 2.50. The van der Waals surface area contributed by atoms with Crippen molar-refractivity contribution in [1.29, 1.82) is 0 Å². The predicted molar refractivity (Wildman–Crippen MR) is 80.6 cm³/mol. The van der Waals surface area contributed by atoms with Crippen LogP contribution in [0.2, 0.25) is 0 Å². The molecule has 0 aliphatic carbocycles. The first-order chi connectivity index (χ1) is 10.6. The standard InChI is InChI=1S/C13H18N2O7S/c1-8(2)12(13(16)22-4)14-23(19,20)11-6-5-9(21-3)7-10(11)15(17)18/h5-8,12,14H,1-4H3/t12-/m1/s1. The molecule has 0 fully saturated rings. The fraction of sp³-hybridized carbons (Fsp3) is 0.462. The second-order valence-corrected chi connectivity index (χ2v) is 6.64. The lowest BCUT2D eigenvalue weighted by atomic mass is 10.1. The van der Waals surface area contributed by atoms with Gasteiger partial charge in [-0.3, -0.25) is 14.9 Å². The van der Waals surface area contributed by atoms with E-state index in [2.05, 4.69) is 9.46 Å². The number of hydrogen-bond acceptors (Lipinski definition) is 7. The van der Waals surface area contributed by atoms with Crippen LogP contribution in [-0.2, 0) is 19.6 Å². The highest BCUT2D eigenvalue weighted by Gasteiger charge is 2.33. The Labute approximate surface area is 133 Å². The molecule has 0 bridgehead atoms. The van der Waals surface area contributed by atoms with Crippen LogP contribution in [0.5, 0.6) is 5.75 Å². The van der Waals surface area contributed by atoms with Gasteiger partial charge in [-0.1, -0.05) is 13.8 Å². The molecule has 0 spiro atoms. The third kappa shape index (κ3) is 4.39. The minimum atomic E-state index is -4.31. The van der Waals surface area contributed by atoms with Crippen molar-refractivity contribution in [2.45, 2.75) is 24.8 Å². The van der Waals surface area contributed by atoms with Crippen LogP contribution in [0.25, 0.3) is 0 Å². The highest BCUT2D eigenvalue weighted by molar-refractivity contribution is 7.89. The fourth-order valence-electron chi connectivity index (χ4n) is 1.81. The molecule has 0 radical (unpaired) electrons. The molecule has 1 aromatic carbocycles. The van der Waals surface area contributed by atoms with E-state index in [4.69, 9.17) is 4.74 Å². The molecule has 0 aliphatic heterocycles. The summed E-state index contributed by atoms with van der Waals surface area (Å²) in [5, 5.41) is 11.1. The van der Waals surface area contributed by atoms with Gasteiger partial charge in [-0.2, -0.15) is 4.72 Å². The first-order valence-corrected chi connectivity index (χ1v) is 8.05. The summed E-state index contributed by atoms with van der Waals surface area (Å²) in [6.45, 7) is 3.24. The molecule has 0 unspecified atom stereocenters. The summed E-state index contributed by atoms with van der Waals surface area (Å²) in [5.74, 6) is -1.04. The number of hydrogen-bond donors (Lipinski definition) is 1. The Morgan fingerprint density at radius 2 is 1.91 bits per heavy atom. The summed E-state index contributed by atoms with van der Waals surface area (Å²) in [6, 6.07) is 2.17. The van der Waals surface area contributed by atoms with Gasteiger partial charge in [0, 0.05) is 0 Å². The fourth-order valence-corrected chi connectivity index (χ4v) is 3.29. The van der Waals surface area contributed by atoms with Crippen LogP contribution < -0.4 is 9.46 Å². The van der Waals surface area contributed by atoms with Gasteiger partial charge in [-0.05, 0) is 18.1 Å². The van der Waals surface area contributed by atoms with Crippen molar-refractivity contribution in [3.8, 4) is 5.75 Å². The smallest absolute Gasteiger partial charge is 0.324 e. The molecular formula is C13H18N2O7S. The quantitative estimate of drug-likeness (QED) is 0.445. The van der Waals surface area contributed by atoms with Crippen LogP contribution in [0.3, 0.4) is 0 Å². The first-order valence-electron chi connectivity index (χ1n) is 6.56. The normalized spacial score (nSPS) is 12.7. The number of esters is 1. The molecule has 0 amide bonds. The van der Waals surface area contributed by atoms with E-state index in [1.165, 1.54) is 13.2 Å². The van der Waals surface area contributed by atoms with Crippen LogP contribution in [0.4, 0.5) is 5.69 Å². The summed E-state index contributed by atoms with van der Waals surface area (Å²) >= 11 is 0. The Hall–Kier alpha value is -2.20. The van der Waals surface area contributed by atoms with E-state index in [0.717, 1.165) is 19.2 Å². The van der Waals surface area contributed by atoms with E-state index in [0.29, 0.717) is 0 Å². The lowest BCUT2D eigenvalue weighted by Gasteiger charge is -2.19. The van der Waals surface area contributed by atoms with E-state index in [1.807, 2.05) is 0 Å². The van der Waals surface area contributed by atoms with Crippen molar-refractivity contribution >= 4 is 21.7 Å². The predicted octanol–water partition coefficient (Wildman–Crippen LogP) is 1.08. The van der Waals surface area contributed by atoms with Crippen LogP contribution in [-0.4, -0.2) is 39.6 Å². The van der Waals surface area contributed by atoms with Crippen molar-refractivity contribution in [3.63, 3.8) is 0 Å². The zero-order valence-electron chi connectivity index (χ0n) is 13.1. The molecule has 1 N–H and O–H groups in total. The molecule has 23 heavy (non-hydrogen) atoms. The maximum Gasteiger partial charge on any atom is 0.324 e. The molecule has 0 aromatic heterocycles. The largest absolute Gasteiger partial charge is 0.497 e. The number of carbonyl (C=O) groups excluding carboxylic acids is 1. The molecule has 1 atom stereocenters. The van der Waals surface area contributed by atoms with Gasteiger partial charge in [0.05, 0.1) is 25.2 Å². The van der Waals surface area contributed by atoms with Crippen LogP contribution in [0.1, 0.15) is 13.8 Å². The number of nitrogens with one attached hydrogen (secondary N) is 1. The number of sulfonamides is 1. The Bertz CT molecular complexity index is 700. The second kappa shape index (κ2) is 7.38. The minimum absolute atomic E-state index is 0.143. The van der Waals surface area contributed by atoms with Crippen LogP contribution in [0, 0.1) is 16.0 Å². The van der Waals surface area contributed by atoms with Gasteiger partial charge in [0.2, 0.25) is 10.0 Å². The van der Waals surface area contributed by atoms with Crippen molar-refractivity contribution in [1.82, 2.24) is 4.72 Å². The van der Waals surface area contributed by atoms with Gasteiger partial charge in [0.1, 0.15) is 11.8 Å². The van der Waals surface area contributed by atoms with Gasteiger partial charge in [-0.25, -0.2) is 8.42 Å². The van der Waals surface area contributed by atoms with Crippen molar-refractivity contribution in [2.75, 3.05) is 14.2 Å². The Balaban J connectivity index is 3.32. The Morgan fingerprint density at radius 1 is 1.30 bits per heavy atom. The average molecular weight is 346 g/mol. The Kier molecular flexibility index (Phi) is 6.05. The summed E-state index contributed by atoms with van der Waals surface area (Å²) in [5.41, 5.74) is -0.649. The number of benzene rings is 1. The third-order valence-corrected chi connectivity index (χ3v) is 4.54. The van der Waals surface area contributed by atoms with Gasteiger partial charge >= 0.3 is 5.97 Å². The van der Waals surface area contributed by atoms with Crippen molar-refractivity contribution < 1.29 is 27.6 Å². The zero-order valence-corrected chi connectivity index (χ0v) is 13.9. The lowest BCUT2D eigenvalue weighted by molar-refractivity contribution is -0.387. The summed E-state index contributed by atoms with van der Waals surface area (Å²) in [6.07, 6.45) is 0. The SMILES string of the molecule is COC(=O)[C@H](NS(=O)(=O)c1ccc(OC)cc1[N+](=O)[O-])C(C)C. The van der Waals surface area contributed by atoms with Crippen LogP contribution >= 0.6 is 0 Å².